The molecule has 6 heteroatoms. The first-order valence-electron chi connectivity index (χ1n) is 20.4. The van der Waals surface area contributed by atoms with Crippen molar-refractivity contribution in [2.24, 2.45) is 0 Å². The molecule has 1 aliphatic carbocycles. The summed E-state index contributed by atoms with van der Waals surface area (Å²) in [4.78, 5) is 15.6. The molecule has 4 aromatic heterocycles. The second kappa shape index (κ2) is 12.1. The summed E-state index contributed by atoms with van der Waals surface area (Å²) in [5, 5.41) is 6.72. The minimum Gasteiger partial charge on any atom is -0.456 e. The van der Waals surface area contributed by atoms with Crippen LogP contribution in [0.15, 0.2) is 179 Å². The number of fused-ring (bicyclic) bond motifs is 13. The van der Waals surface area contributed by atoms with E-state index in [-0.39, 0.29) is 5.41 Å². The second-order valence-electron chi connectivity index (χ2n) is 16.4. The minimum absolute atomic E-state index is 0.159. The first-order chi connectivity index (χ1) is 29.5. The molecule has 0 unspecified atom stereocenters. The molecular formula is C54H34N4O2. The Kier molecular flexibility index (Phi) is 6.69. The van der Waals surface area contributed by atoms with Crippen molar-refractivity contribution in [3.63, 3.8) is 0 Å². The molecule has 0 aliphatic heterocycles. The summed E-state index contributed by atoms with van der Waals surface area (Å²) in [5.41, 5.74) is 14.3. The summed E-state index contributed by atoms with van der Waals surface area (Å²) in [7, 11) is 0. The van der Waals surface area contributed by atoms with Gasteiger partial charge in [-0.1, -0.05) is 129 Å². The van der Waals surface area contributed by atoms with Gasteiger partial charge in [0.25, 0.3) is 0 Å². The Morgan fingerprint density at radius 1 is 0.433 bits per heavy atom. The molecule has 0 spiro atoms. The van der Waals surface area contributed by atoms with Crippen LogP contribution < -0.4 is 0 Å². The van der Waals surface area contributed by atoms with Crippen molar-refractivity contribution in [2.45, 2.75) is 19.3 Å². The Morgan fingerprint density at radius 2 is 1.07 bits per heavy atom. The smallest absolute Gasteiger partial charge is 0.167 e. The van der Waals surface area contributed by atoms with Crippen LogP contribution in [0.1, 0.15) is 25.0 Å². The van der Waals surface area contributed by atoms with Gasteiger partial charge in [-0.25, -0.2) is 15.0 Å². The number of hydrogen-bond donors (Lipinski definition) is 0. The van der Waals surface area contributed by atoms with E-state index >= 15 is 0 Å². The molecule has 0 fully saturated rings. The van der Waals surface area contributed by atoms with Gasteiger partial charge in [-0.2, -0.15) is 0 Å². The highest BCUT2D eigenvalue weighted by Crippen LogP contribution is 2.53. The summed E-state index contributed by atoms with van der Waals surface area (Å²) >= 11 is 0. The Balaban J connectivity index is 1.03. The zero-order valence-corrected chi connectivity index (χ0v) is 32.8. The van der Waals surface area contributed by atoms with E-state index in [4.69, 9.17) is 23.8 Å². The van der Waals surface area contributed by atoms with Gasteiger partial charge in [0.2, 0.25) is 0 Å². The topological polar surface area (TPSA) is 69.9 Å². The molecule has 0 radical (unpaired) electrons. The van der Waals surface area contributed by atoms with Crippen LogP contribution >= 0.6 is 0 Å². The summed E-state index contributed by atoms with van der Waals surface area (Å²) in [6, 6.07) is 59.4. The lowest BCUT2D eigenvalue weighted by Crippen LogP contribution is -2.15. The first-order valence-corrected chi connectivity index (χ1v) is 20.4. The molecule has 0 saturated carbocycles. The van der Waals surface area contributed by atoms with Crippen molar-refractivity contribution in [1.82, 2.24) is 19.5 Å². The zero-order valence-electron chi connectivity index (χ0n) is 32.8. The van der Waals surface area contributed by atoms with E-state index in [1.165, 1.54) is 38.5 Å². The third-order valence-electron chi connectivity index (χ3n) is 12.6. The number of aromatic nitrogens is 4. The Morgan fingerprint density at radius 3 is 1.92 bits per heavy atom. The van der Waals surface area contributed by atoms with Gasteiger partial charge in [0.1, 0.15) is 22.3 Å². The fourth-order valence-electron chi connectivity index (χ4n) is 9.94. The fraction of sp³-hybridized carbons (Fsp3) is 0.0556. The predicted molar refractivity (Wildman–Crippen MR) is 243 cm³/mol. The van der Waals surface area contributed by atoms with Gasteiger partial charge in [0.15, 0.2) is 17.5 Å². The van der Waals surface area contributed by atoms with E-state index in [0.29, 0.717) is 17.5 Å². The number of para-hydroxylation sites is 4. The van der Waals surface area contributed by atoms with E-state index in [0.717, 1.165) is 71.8 Å². The summed E-state index contributed by atoms with van der Waals surface area (Å²) in [5.74, 6) is 1.64. The molecule has 4 heterocycles. The van der Waals surface area contributed by atoms with Crippen molar-refractivity contribution in [3.05, 3.63) is 181 Å². The molecule has 8 aromatic carbocycles. The maximum atomic E-state index is 6.52. The number of rotatable bonds is 4. The van der Waals surface area contributed by atoms with E-state index < -0.39 is 0 Å². The van der Waals surface area contributed by atoms with Gasteiger partial charge < -0.3 is 13.4 Å². The molecule has 282 valence electrons. The van der Waals surface area contributed by atoms with E-state index in [1.54, 1.807) is 0 Å². The molecule has 13 rings (SSSR count). The molecule has 0 atom stereocenters. The van der Waals surface area contributed by atoms with Crippen LogP contribution in [0.4, 0.5) is 0 Å². The zero-order chi connectivity index (χ0) is 39.7. The predicted octanol–water partition coefficient (Wildman–Crippen LogP) is 14.1. The quantitative estimate of drug-likeness (QED) is 0.178. The van der Waals surface area contributed by atoms with Crippen LogP contribution in [-0.2, 0) is 5.41 Å². The number of nitrogens with zero attached hydrogens (tertiary/aromatic N) is 4. The molecule has 1 aliphatic rings. The third kappa shape index (κ3) is 4.61. The standard InChI is InChI=1S/C54H34N4O2/c1-54(2)42-21-7-3-15-34(42)38-27-28-44-48(49(38)54)40-18-4-8-22-43(40)58(44)33-14-11-13-31(29-33)51-55-52(32-25-26-37-35-16-5-9-23-45(35)59-47(37)30-32)57-53(56-51)41-20-12-19-39-36-17-6-10-24-46(36)60-50(39)41/h3-30H,1-2H3. The number of benzene rings is 8. The summed E-state index contributed by atoms with van der Waals surface area (Å²) in [6.45, 7) is 4.72. The molecule has 0 N–H and O–H groups in total. The van der Waals surface area contributed by atoms with Crippen molar-refractivity contribution < 1.29 is 8.83 Å². The van der Waals surface area contributed by atoms with Gasteiger partial charge in [0.05, 0.1) is 16.6 Å². The van der Waals surface area contributed by atoms with Crippen molar-refractivity contribution >= 4 is 65.7 Å². The maximum Gasteiger partial charge on any atom is 0.167 e. The average molecular weight is 771 g/mol. The van der Waals surface area contributed by atoms with Crippen LogP contribution in [0.25, 0.3) is 117 Å². The first kappa shape index (κ1) is 33.2. The van der Waals surface area contributed by atoms with Crippen LogP contribution in [0, 0.1) is 0 Å². The highest BCUT2D eigenvalue weighted by atomic mass is 16.3. The molecule has 0 saturated heterocycles. The average Bonchev–Trinajstić information content (AvgIpc) is 4.02. The van der Waals surface area contributed by atoms with E-state index in [1.807, 2.05) is 54.6 Å². The summed E-state index contributed by atoms with van der Waals surface area (Å²) in [6.07, 6.45) is 0. The van der Waals surface area contributed by atoms with Gasteiger partial charge in [-0.15, -0.1) is 0 Å². The normalized spacial score (nSPS) is 13.3. The van der Waals surface area contributed by atoms with Gasteiger partial charge in [-0.05, 0) is 76.9 Å². The van der Waals surface area contributed by atoms with E-state index in [9.17, 15) is 0 Å². The molecular weight excluding hydrogens is 737 g/mol. The fourth-order valence-corrected chi connectivity index (χ4v) is 9.94. The molecule has 6 nitrogen and oxygen atoms in total. The number of hydrogen-bond acceptors (Lipinski definition) is 5. The Bertz CT molecular complexity index is 3770. The summed E-state index contributed by atoms with van der Waals surface area (Å²) < 4.78 is 15.2. The lowest BCUT2D eigenvalue weighted by molar-refractivity contribution is 0.666. The highest BCUT2D eigenvalue weighted by Gasteiger charge is 2.38. The van der Waals surface area contributed by atoms with Gasteiger partial charge in [0, 0.05) is 54.5 Å². The van der Waals surface area contributed by atoms with Gasteiger partial charge in [-0.3, -0.25) is 0 Å². The highest BCUT2D eigenvalue weighted by molar-refractivity contribution is 6.14. The molecule has 0 amide bonds. The lowest BCUT2D eigenvalue weighted by atomic mass is 9.80. The molecule has 12 aromatic rings. The van der Waals surface area contributed by atoms with Crippen molar-refractivity contribution in [1.29, 1.82) is 0 Å². The van der Waals surface area contributed by atoms with Gasteiger partial charge >= 0.3 is 0 Å². The Labute approximate surface area is 344 Å². The Hall–Kier alpha value is -7.83. The minimum atomic E-state index is -0.159. The van der Waals surface area contributed by atoms with Crippen LogP contribution in [0.5, 0.6) is 0 Å². The largest absolute Gasteiger partial charge is 0.456 e. The monoisotopic (exact) mass is 770 g/mol. The molecule has 0 bridgehead atoms. The van der Waals surface area contributed by atoms with E-state index in [2.05, 4.69) is 134 Å². The maximum absolute atomic E-state index is 6.52. The van der Waals surface area contributed by atoms with Crippen LogP contribution in [0.3, 0.4) is 0 Å². The number of furan rings is 2. The third-order valence-corrected chi connectivity index (χ3v) is 12.6. The molecule has 60 heavy (non-hydrogen) atoms. The lowest BCUT2D eigenvalue weighted by Gasteiger charge is -2.22. The van der Waals surface area contributed by atoms with Crippen LogP contribution in [-0.4, -0.2) is 19.5 Å². The van der Waals surface area contributed by atoms with Crippen LogP contribution in [0.2, 0.25) is 0 Å². The van der Waals surface area contributed by atoms with Crippen molar-refractivity contribution in [2.75, 3.05) is 0 Å². The SMILES string of the molecule is CC1(C)c2ccccc2-c2ccc3c(c21)c1ccccc1n3-c1cccc(-c2nc(-c3ccc4c(c3)oc3ccccc34)nc(-c3cccc4c3oc3ccccc34)n2)c1. The second-order valence-corrected chi connectivity index (χ2v) is 16.4. The van der Waals surface area contributed by atoms with Crippen molar-refractivity contribution in [3.8, 4) is 51.0 Å².